The fourth-order valence-electron chi connectivity index (χ4n) is 3.35. The van der Waals surface area contributed by atoms with E-state index in [2.05, 4.69) is 46.3 Å². The Bertz CT molecular complexity index is 871. The smallest absolute Gasteiger partial charge is 0.223 e. The van der Waals surface area contributed by atoms with Crippen LogP contribution >= 0.6 is 11.3 Å². The molecule has 1 fully saturated rings. The lowest BCUT2D eigenvalue weighted by Crippen LogP contribution is -2.48. The molecule has 0 radical (unpaired) electrons. The Balaban J connectivity index is 1.30. The molecule has 0 saturated carbocycles. The van der Waals surface area contributed by atoms with Gasteiger partial charge in [0, 0.05) is 38.8 Å². The summed E-state index contributed by atoms with van der Waals surface area (Å²) in [5, 5.41) is 1.05. The zero-order valence-electron chi connectivity index (χ0n) is 15.3. The summed E-state index contributed by atoms with van der Waals surface area (Å²) >= 11 is 1.72. The molecule has 1 amide bonds. The number of benzene rings is 2. The highest BCUT2D eigenvalue weighted by Gasteiger charge is 2.22. The fourth-order valence-corrected chi connectivity index (χ4v) is 4.32. The third kappa shape index (κ3) is 4.37. The normalized spacial score (nSPS) is 14.4. The minimum atomic E-state index is 0.252. The highest BCUT2D eigenvalue weighted by Crippen LogP contribution is 2.31. The van der Waals surface area contributed by atoms with Crippen LogP contribution in [0.15, 0.2) is 66.9 Å². The van der Waals surface area contributed by atoms with E-state index in [0.717, 1.165) is 37.7 Å². The van der Waals surface area contributed by atoms with Crippen molar-refractivity contribution in [1.29, 1.82) is 0 Å². The number of rotatable bonds is 5. The minimum absolute atomic E-state index is 0.252. The third-order valence-electron chi connectivity index (χ3n) is 4.93. The number of piperazine rings is 1. The van der Waals surface area contributed by atoms with Crippen molar-refractivity contribution in [3.05, 3.63) is 72.4 Å². The molecule has 5 heteroatoms. The van der Waals surface area contributed by atoms with Crippen molar-refractivity contribution in [2.45, 2.75) is 12.8 Å². The van der Waals surface area contributed by atoms with Crippen molar-refractivity contribution in [2.75, 3.05) is 31.1 Å². The molecule has 2 heterocycles. The molecule has 0 bridgehead atoms. The van der Waals surface area contributed by atoms with Crippen molar-refractivity contribution in [1.82, 2.24) is 9.88 Å². The van der Waals surface area contributed by atoms with Gasteiger partial charge in [0.1, 0.15) is 0 Å². The molecule has 0 unspecified atom stereocenters. The number of hydrogen-bond acceptors (Lipinski definition) is 4. The fraction of sp³-hybridized carbons (Fsp3) is 0.273. The minimum Gasteiger partial charge on any atom is -0.345 e. The van der Waals surface area contributed by atoms with Crippen LogP contribution in [-0.4, -0.2) is 42.0 Å². The first-order chi connectivity index (χ1) is 13.3. The van der Waals surface area contributed by atoms with Crippen LogP contribution in [0.1, 0.15) is 12.0 Å². The van der Waals surface area contributed by atoms with E-state index in [1.807, 2.05) is 35.4 Å². The lowest BCUT2D eigenvalue weighted by atomic mass is 10.1. The summed E-state index contributed by atoms with van der Waals surface area (Å²) < 4.78 is 0. The molecular weight excluding hydrogens is 354 g/mol. The average molecular weight is 378 g/mol. The van der Waals surface area contributed by atoms with E-state index in [1.165, 1.54) is 16.0 Å². The van der Waals surface area contributed by atoms with Gasteiger partial charge in [0.05, 0.1) is 4.88 Å². The van der Waals surface area contributed by atoms with E-state index in [1.54, 1.807) is 11.3 Å². The molecular formula is C22H23N3OS. The Morgan fingerprint density at radius 1 is 0.926 bits per heavy atom. The monoisotopic (exact) mass is 377 g/mol. The van der Waals surface area contributed by atoms with E-state index in [4.69, 9.17) is 0 Å². The summed E-state index contributed by atoms with van der Waals surface area (Å²) in [6, 6.07) is 20.6. The van der Waals surface area contributed by atoms with Gasteiger partial charge in [-0.15, -0.1) is 0 Å². The van der Waals surface area contributed by atoms with Gasteiger partial charge >= 0.3 is 0 Å². The molecule has 3 aromatic rings. The molecule has 4 rings (SSSR count). The van der Waals surface area contributed by atoms with Crippen LogP contribution in [0, 0.1) is 0 Å². The van der Waals surface area contributed by atoms with E-state index >= 15 is 0 Å². The Labute approximate surface area is 164 Å². The molecule has 1 aromatic heterocycles. The van der Waals surface area contributed by atoms with Crippen LogP contribution in [0.3, 0.4) is 0 Å². The number of anilines is 1. The van der Waals surface area contributed by atoms with Crippen LogP contribution in [0.25, 0.3) is 10.4 Å². The van der Waals surface area contributed by atoms with E-state index < -0.39 is 0 Å². The van der Waals surface area contributed by atoms with Crippen LogP contribution in [0.4, 0.5) is 5.13 Å². The largest absolute Gasteiger partial charge is 0.345 e. The molecule has 4 nitrogen and oxygen atoms in total. The highest BCUT2D eigenvalue weighted by atomic mass is 32.1. The lowest BCUT2D eigenvalue weighted by Gasteiger charge is -2.34. The van der Waals surface area contributed by atoms with Crippen molar-refractivity contribution >= 4 is 22.4 Å². The van der Waals surface area contributed by atoms with Gasteiger partial charge in [0.2, 0.25) is 5.91 Å². The van der Waals surface area contributed by atoms with E-state index in [-0.39, 0.29) is 5.91 Å². The second-order valence-electron chi connectivity index (χ2n) is 6.73. The van der Waals surface area contributed by atoms with Crippen LogP contribution in [0.5, 0.6) is 0 Å². The van der Waals surface area contributed by atoms with Crippen molar-refractivity contribution in [3.63, 3.8) is 0 Å². The summed E-state index contributed by atoms with van der Waals surface area (Å²) in [6.07, 6.45) is 3.35. The van der Waals surface area contributed by atoms with Gasteiger partial charge in [-0.1, -0.05) is 72.0 Å². The number of hydrogen-bond donors (Lipinski definition) is 0. The maximum absolute atomic E-state index is 12.5. The standard InChI is InChI=1S/C22H23N3OS/c26-21(12-11-18-7-3-1-4-8-18)24-13-15-25(16-14-24)22-23-17-20(27-22)19-9-5-2-6-10-19/h1-10,17H,11-16H2. The maximum atomic E-state index is 12.5. The molecule has 1 aliphatic heterocycles. The summed E-state index contributed by atoms with van der Waals surface area (Å²) in [5.74, 6) is 0.252. The van der Waals surface area contributed by atoms with Crippen LogP contribution in [-0.2, 0) is 11.2 Å². The van der Waals surface area contributed by atoms with Crippen molar-refractivity contribution < 1.29 is 4.79 Å². The lowest BCUT2D eigenvalue weighted by molar-refractivity contribution is -0.131. The SMILES string of the molecule is O=C(CCc1ccccc1)N1CCN(c2ncc(-c3ccccc3)s2)CC1. The van der Waals surface area contributed by atoms with Crippen LogP contribution < -0.4 is 4.90 Å². The highest BCUT2D eigenvalue weighted by molar-refractivity contribution is 7.18. The summed E-state index contributed by atoms with van der Waals surface area (Å²) in [6.45, 7) is 3.24. The number of carbonyl (C=O) groups is 1. The predicted octanol–water partition coefficient (Wildman–Crippen LogP) is 4.09. The predicted molar refractivity (Wildman–Crippen MR) is 111 cm³/mol. The maximum Gasteiger partial charge on any atom is 0.223 e. The Morgan fingerprint density at radius 3 is 2.30 bits per heavy atom. The zero-order valence-corrected chi connectivity index (χ0v) is 16.1. The Kier molecular flexibility index (Phi) is 5.49. The van der Waals surface area contributed by atoms with E-state index in [9.17, 15) is 4.79 Å². The van der Waals surface area contributed by atoms with Crippen LogP contribution in [0.2, 0.25) is 0 Å². The zero-order chi connectivity index (χ0) is 18.5. The molecule has 138 valence electrons. The quantitative estimate of drug-likeness (QED) is 0.672. The molecule has 0 atom stereocenters. The first-order valence-electron chi connectivity index (χ1n) is 9.37. The van der Waals surface area contributed by atoms with Crippen molar-refractivity contribution in [2.24, 2.45) is 0 Å². The van der Waals surface area contributed by atoms with Crippen molar-refractivity contribution in [3.8, 4) is 10.4 Å². The molecule has 1 aliphatic rings. The van der Waals surface area contributed by atoms with Gasteiger partial charge in [-0.05, 0) is 17.5 Å². The van der Waals surface area contributed by atoms with E-state index in [0.29, 0.717) is 6.42 Å². The molecule has 27 heavy (non-hydrogen) atoms. The molecule has 2 aromatic carbocycles. The van der Waals surface area contributed by atoms with Gasteiger partial charge < -0.3 is 9.80 Å². The first-order valence-corrected chi connectivity index (χ1v) is 10.2. The summed E-state index contributed by atoms with van der Waals surface area (Å²) in [4.78, 5) is 22.6. The average Bonchev–Trinajstić information content (AvgIpc) is 3.24. The number of aromatic nitrogens is 1. The molecule has 1 saturated heterocycles. The second-order valence-corrected chi connectivity index (χ2v) is 7.74. The molecule has 0 spiro atoms. The van der Waals surface area contributed by atoms with Gasteiger partial charge in [-0.3, -0.25) is 4.79 Å². The van der Waals surface area contributed by atoms with Gasteiger partial charge in [0.15, 0.2) is 5.13 Å². The number of aryl methyl sites for hydroxylation is 1. The third-order valence-corrected chi connectivity index (χ3v) is 6.03. The Hall–Kier alpha value is -2.66. The molecule has 0 N–H and O–H groups in total. The first kappa shape index (κ1) is 17.7. The Morgan fingerprint density at radius 2 is 1.59 bits per heavy atom. The second kappa shape index (κ2) is 8.35. The summed E-state index contributed by atoms with van der Waals surface area (Å²) in [7, 11) is 0. The summed E-state index contributed by atoms with van der Waals surface area (Å²) in [5.41, 5.74) is 2.43. The number of amides is 1. The number of carbonyl (C=O) groups excluding carboxylic acids is 1. The number of nitrogens with zero attached hydrogens (tertiary/aromatic N) is 3. The van der Waals surface area contributed by atoms with Gasteiger partial charge in [-0.25, -0.2) is 4.98 Å². The number of thiazole rings is 1. The molecule has 0 aliphatic carbocycles. The van der Waals surface area contributed by atoms with Gasteiger partial charge in [-0.2, -0.15) is 0 Å². The van der Waals surface area contributed by atoms with Gasteiger partial charge in [0.25, 0.3) is 0 Å². The topological polar surface area (TPSA) is 36.4 Å².